The fraction of sp³-hybridized carbons (Fsp3) is 0.800. The number of urea groups is 1. The zero-order chi connectivity index (χ0) is 12.9. The topological polar surface area (TPSA) is 98.7 Å². The molecule has 1 saturated heterocycles. The molecule has 1 aliphatic heterocycles. The molecule has 0 aromatic heterocycles. The van der Waals surface area contributed by atoms with Crippen LogP contribution in [-0.2, 0) is 4.79 Å². The summed E-state index contributed by atoms with van der Waals surface area (Å²) in [6.07, 6.45) is 1.10. The van der Waals surface area contributed by atoms with Crippen LogP contribution in [0.3, 0.4) is 0 Å². The van der Waals surface area contributed by atoms with E-state index in [1.165, 1.54) is 0 Å². The smallest absolute Gasteiger partial charge is 0.337 e. The van der Waals surface area contributed by atoms with Crippen LogP contribution >= 0.6 is 11.8 Å². The number of aliphatic hydroxyl groups is 1. The van der Waals surface area contributed by atoms with Crippen molar-refractivity contribution >= 4 is 23.8 Å². The summed E-state index contributed by atoms with van der Waals surface area (Å²) >= 11 is 1.87. The van der Waals surface area contributed by atoms with Gasteiger partial charge in [0.15, 0.2) is 5.60 Å². The summed E-state index contributed by atoms with van der Waals surface area (Å²) in [6.45, 7) is 1.42. The van der Waals surface area contributed by atoms with E-state index in [9.17, 15) is 14.7 Å². The predicted octanol–water partition coefficient (Wildman–Crippen LogP) is -0.126. The van der Waals surface area contributed by atoms with Crippen molar-refractivity contribution in [3.05, 3.63) is 0 Å². The minimum absolute atomic E-state index is 0.312. The lowest BCUT2D eigenvalue weighted by Crippen LogP contribution is -2.49. The standard InChI is InChI=1S/C10H18N2O4S/c1-10(16,8(13)14)6-12-9(15)11-4-7-2-3-17-5-7/h7,16H,2-6H2,1H3,(H,13,14)(H2,11,12,15). The molecule has 2 atom stereocenters. The molecule has 0 aliphatic carbocycles. The van der Waals surface area contributed by atoms with Crippen LogP contribution < -0.4 is 10.6 Å². The third kappa shape index (κ3) is 4.82. The zero-order valence-corrected chi connectivity index (χ0v) is 10.5. The van der Waals surface area contributed by atoms with Gasteiger partial charge in [-0.1, -0.05) is 0 Å². The molecule has 1 rings (SSSR count). The van der Waals surface area contributed by atoms with E-state index < -0.39 is 17.6 Å². The first-order chi connectivity index (χ1) is 7.92. The maximum absolute atomic E-state index is 11.3. The molecule has 0 spiro atoms. The Labute approximate surface area is 104 Å². The fourth-order valence-electron chi connectivity index (χ4n) is 1.37. The van der Waals surface area contributed by atoms with Crippen molar-refractivity contribution in [3.8, 4) is 0 Å². The van der Waals surface area contributed by atoms with Gasteiger partial charge in [-0.25, -0.2) is 9.59 Å². The van der Waals surface area contributed by atoms with Crippen LogP contribution in [0.25, 0.3) is 0 Å². The Balaban J connectivity index is 2.18. The van der Waals surface area contributed by atoms with E-state index in [2.05, 4.69) is 10.6 Å². The summed E-state index contributed by atoms with van der Waals surface area (Å²) < 4.78 is 0. The van der Waals surface area contributed by atoms with Gasteiger partial charge < -0.3 is 20.8 Å². The van der Waals surface area contributed by atoms with Gasteiger partial charge in [-0.05, 0) is 30.8 Å². The van der Waals surface area contributed by atoms with Crippen LogP contribution in [0.15, 0.2) is 0 Å². The van der Waals surface area contributed by atoms with Crippen molar-refractivity contribution in [1.82, 2.24) is 10.6 Å². The highest BCUT2D eigenvalue weighted by molar-refractivity contribution is 7.99. The number of carboxylic acids is 1. The maximum Gasteiger partial charge on any atom is 0.337 e. The van der Waals surface area contributed by atoms with Gasteiger partial charge in [-0.3, -0.25) is 0 Å². The highest BCUT2D eigenvalue weighted by atomic mass is 32.2. The number of thioether (sulfide) groups is 1. The molecule has 17 heavy (non-hydrogen) atoms. The number of nitrogens with one attached hydrogen (secondary N) is 2. The highest BCUT2D eigenvalue weighted by Gasteiger charge is 2.30. The molecule has 1 aliphatic rings. The molecule has 6 nitrogen and oxygen atoms in total. The van der Waals surface area contributed by atoms with Crippen molar-refractivity contribution in [2.45, 2.75) is 18.9 Å². The van der Waals surface area contributed by atoms with Gasteiger partial charge >= 0.3 is 12.0 Å². The van der Waals surface area contributed by atoms with E-state index in [4.69, 9.17) is 5.11 Å². The predicted molar refractivity (Wildman–Crippen MR) is 65.1 cm³/mol. The number of aliphatic carboxylic acids is 1. The Morgan fingerprint density at radius 3 is 2.71 bits per heavy atom. The van der Waals surface area contributed by atoms with Gasteiger partial charge in [0.1, 0.15) is 0 Å². The summed E-state index contributed by atoms with van der Waals surface area (Å²) in [5.41, 5.74) is -1.93. The number of carbonyl (C=O) groups excluding carboxylic acids is 1. The Morgan fingerprint density at radius 2 is 2.18 bits per heavy atom. The Hall–Kier alpha value is -0.950. The molecule has 0 aromatic carbocycles. The van der Waals surface area contributed by atoms with Crippen molar-refractivity contribution in [1.29, 1.82) is 0 Å². The second kappa shape index (κ2) is 6.11. The van der Waals surface area contributed by atoms with Gasteiger partial charge in [-0.15, -0.1) is 0 Å². The van der Waals surface area contributed by atoms with Crippen LogP contribution in [0, 0.1) is 5.92 Å². The third-order valence-corrected chi connectivity index (χ3v) is 3.86. The van der Waals surface area contributed by atoms with Gasteiger partial charge in [-0.2, -0.15) is 11.8 Å². The lowest BCUT2D eigenvalue weighted by molar-refractivity contribution is -0.155. The quantitative estimate of drug-likeness (QED) is 0.553. The molecule has 1 fully saturated rings. The maximum atomic E-state index is 11.3. The molecule has 4 N–H and O–H groups in total. The van der Waals surface area contributed by atoms with E-state index in [0.717, 1.165) is 24.9 Å². The van der Waals surface area contributed by atoms with E-state index in [-0.39, 0.29) is 6.54 Å². The van der Waals surface area contributed by atoms with Crippen LogP contribution in [0.4, 0.5) is 4.79 Å². The van der Waals surface area contributed by atoms with Crippen molar-refractivity contribution < 1.29 is 19.8 Å². The summed E-state index contributed by atoms with van der Waals surface area (Å²) in [4.78, 5) is 21.9. The van der Waals surface area contributed by atoms with Crippen molar-refractivity contribution in [2.75, 3.05) is 24.6 Å². The minimum Gasteiger partial charge on any atom is -0.479 e. The van der Waals surface area contributed by atoms with E-state index >= 15 is 0 Å². The van der Waals surface area contributed by atoms with Gasteiger partial charge in [0.25, 0.3) is 0 Å². The van der Waals surface area contributed by atoms with Gasteiger partial charge in [0.05, 0.1) is 6.54 Å². The van der Waals surface area contributed by atoms with Crippen LogP contribution in [0.2, 0.25) is 0 Å². The summed E-state index contributed by atoms with van der Waals surface area (Å²) in [5.74, 6) is 1.31. The molecule has 2 amide bonds. The molecule has 7 heteroatoms. The van der Waals surface area contributed by atoms with E-state index in [1.54, 1.807) is 0 Å². The first kappa shape index (κ1) is 14.1. The Kier molecular flexibility index (Phi) is 5.07. The molecule has 1 heterocycles. The average Bonchev–Trinajstić information content (AvgIpc) is 2.76. The van der Waals surface area contributed by atoms with Crippen molar-refractivity contribution in [2.24, 2.45) is 5.92 Å². The van der Waals surface area contributed by atoms with E-state index in [0.29, 0.717) is 12.5 Å². The zero-order valence-electron chi connectivity index (χ0n) is 9.73. The molecule has 0 saturated carbocycles. The number of rotatable bonds is 5. The Bertz CT molecular complexity index is 290. The summed E-state index contributed by atoms with van der Waals surface area (Å²) in [7, 11) is 0. The molecule has 0 radical (unpaired) electrons. The first-order valence-electron chi connectivity index (χ1n) is 5.47. The van der Waals surface area contributed by atoms with Crippen LogP contribution in [0.1, 0.15) is 13.3 Å². The molecule has 98 valence electrons. The average molecular weight is 262 g/mol. The summed E-state index contributed by atoms with van der Waals surface area (Å²) in [6, 6.07) is -0.441. The number of carboxylic acid groups (broad SMARTS) is 1. The minimum atomic E-state index is -1.93. The fourth-order valence-corrected chi connectivity index (χ4v) is 2.66. The summed E-state index contributed by atoms with van der Waals surface area (Å²) in [5, 5.41) is 23.0. The van der Waals surface area contributed by atoms with E-state index in [1.807, 2.05) is 11.8 Å². The lowest BCUT2D eigenvalue weighted by atomic mass is 10.1. The second-order valence-corrected chi connectivity index (χ2v) is 5.52. The number of hydrogen-bond donors (Lipinski definition) is 4. The largest absolute Gasteiger partial charge is 0.479 e. The number of amides is 2. The Morgan fingerprint density at radius 1 is 1.47 bits per heavy atom. The number of carbonyl (C=O) groups is 2. The van der Waals surface area contributed by atoms with Crippen LogP contribution in [0.5, 0.6) is 0 Å². The number of hydrogen-bond acceptors (Lipinski definition) is 4. The van der Waals surface area contributed by atoms with Crippen LogP contribution in [-0.4, -0.2) is 52.4 Å². The van der Waals surface area contributed by atoms with Gasteiger partial charge in [0.2, 0.25) is 0 Å². The molecule has 0 bridgehead atoms. The highest BCUT2D eigenvalue weighted by Crippen LogP contribution is 2.22. The van der Waals surface area contributed by atoms with Gasteiger partial charge in [0, 0.05) is 6.54 Å². The SMILES string of the molecule is CC(O)(CNC(=O)NCC1CCSC1)C(=O)O. The molecular formula is C10H18N2O4S. The first-order valence-corrected chi connectivity index (χ1v) is 6.62. The van der Waals surface area contributed by atoms with Crippen molar-refractivity contribution in [3.63, 3.8) is 0 Å². The second-order valence-electron chi connectivity index (χ2n) is 4.37. The molecule has 0 aromatic rings. The molecular weight excluding hydrogens is 244 g/mol. The normalized spacial score (nSPS) is 22.8. The monoisotopic (exact) mass is 262 g/mol. The lowest BCUT2D eigenvalue weighted by Gasteiger charge is -2.19. The third-order valence-electron chi connectivity index (χ3n) is 2.63. The molecule has 2 unspecified atom stereocenters.